The molecule has 0 N–H and O–H groups in total. The highest BCUT2D eigenvalue weighted by Gasteiger charge is 2.32. The molecule has 150 valence electrons. The first kappa shape index (κ1) is 19.8. The number of halogens is 1. The summed E-state index contributed by atoms with van der Waals surface area (Å²) in [5.74, 6) is 0.698. The number of benzene rings is 3. The lowest BCUT2D eigenvalue weighted by Gasteiger charge is -2.38. The van der Waals surface area contributed by atoms with Crippen LogP contribution in [-0.4, -0.2) is 28.6 Å². The number of sulfonamides is 1. The van der Waals surface area contributed by atoms with Crippen molar-refractivity contribution in [3.8, 4) is 5.75 Å². The molecule has 7 heteroatoms. The van der Waals surface area contributed by atoms with Gasteiger partial charge in [0.15, 0.2) is 0 Å². The average molecular weight is 473 g/mol. The number of methoxy groups -OCH3 is 1. The third kappa shape index (κ3) is 3.97. The molecule has 0 spiro atoms. The summed E-state index contributed by atoms with van der Waals surface area (Å²) >= 11 is 3.37. The maximum Gasteiger partial charge on any atom is 0.264 e. The highest BCUT2D eigenvalue weighted by atomic mass is 79.9. The van der Waals surface area contributed by atoms with Crippen LogP contribution in [0.25, 0.3) is 0 Å². The molecule has 0 atom stereocenters. The van der Waals surface area contributed by atoms with Gasteiger partial charge in [-0.05, 0) is 35.9 Å². The Bertz CT molecular complexity index is 1120. The number of anilines is 2. The quantitative estimate of drug-likeness (QED) is 0.541. The molecule has 1 heterocycles. The van der Waals surface area contributed by atoms with Crippen LogP contribution in [0.3, 0.4) is 0 Å². The number of hydrogen-bond acceptors (Lipinski definition) is 4. The standard InChI is InChI=1S/C22H21BrN2O3S/c1-28-19-10-11-21-22(15-19)24(16-17-6-3-2-4-7-17)12-13-25(21)29(26,27)20-9-5-8-18(23)14-20/h2-11,14-15H,12-13,16H2,1H3. The maximum atomic E-state index is 13.4. The van der Waals surface area contributed by atoms with Crippen LogP contribution < -0.4 is 13.9 Å². The number of fused-ring (bicyclic) bond motifs is 1. The maximum absolute atomic E-state index is 13.4. The van der Waals surface area contributed by atoms with E-state index >= 15 is 0 Å². The lowest BCUT2D eigenvalue weighted by Crippen LogP contribution is -2.43. The summed E-state index contributed by atoms with van der Waals surface area (Å²) in [5.41, 5.74) is 2.68. The molecule has 4 rings (SSSR count). The molecule has 5 nitrogen and oxygen atoms in total. The van der Waals surface area contributed by atoms with Gasteiger partial charge in [-0.2, -0.15) is 0 Å². The summed E-state index contributed by atoms with van der Waals surface area (Å²) < 4.78 is 34.4. The van der Waals surface area contributed by atoms with Gasteiger partial charge in [0, 0.05) is 23.6 Å². The van der Waals surface area contributed by atoms with Gasteiger partial charge in [0.1, 0.15) is 5.75 Å². The number of rotatable bonds is 5. The third-order valence-electron chi connectivity index (χ3n) is 4.97. The molecule has 0 amide bonds. The van der Waals surface area contributed by atoms with Crippen molar-refractivity contribution in [1.82, 2.24) is 0 Å². The molecule has 0 fully saturated rings. The molecule has 0 saturated heterocycles. The Morgan fingerprint density at radius 3 is 2.45 bits per heavy atom. The average Bonchev–Trinajstić information content (AvgIpc) is 2.74. The van der Waals surface area contributed by atoms with Crippen molar-refractivity contribution < 1.29 is 13.2 Å². The Balaban J connectivity index is 1.75. The first-order chi connectivity index (χ1) is 14.0. The summed E-state index contributed by atoms with van der Waals surface area (Å²) in [7, 11) is -2.06. The first-order valence-corrected chi connectivity index (χ1v) is 11.5. The molecule has 0 radical (unpaired) electrons. The summed E-state index contributed by atoms with van der Waals surface area (Å²) in [6, 6.07) is 22.5. The van der Waals surface area contributed by atoms with Crippen molar-refractivity contribution in [3.63, 3.8) is 0 Å². The minimum Gasteiger partial charge on any atom is -0.497 e. The second-order valence-electron chi connectivity index (χ2n) is 6.80. The molecule has 0 saturated carbocycles. The van der Waals surface area contributed by atoms with Gasteiger partial charge in [-0.3, -0.25) is 4.31 Å². The number of ether oxygens (including phenoxy) is 1. The summed E-state index contributed by atoms with van der Waals surface area (Å²) in [5, 5.41) is 0. The fourth-order valence-corrected chi connectivity index (χ4v) is 5.59. The van der Waals surface area contributed by atoms with Crippen molar-refractivity contribution in [1.29, 1.82) is 0 Å². The zero-order chi connectivity index (χ0) is 20.4. The van der Waals surface area contributed by atoms with Crippen molar-refractivity contribution >= 4 is 37.3 Å². The molecule has 0 aromatic heterocycles. The van der Waals surface area contributed by atoms with Gasteiger partial charge >= 0.3 is 0 Å². The van der Waals surface area contributed by atoms with Crippen molar-refractivity contribution in [2.75, 3.05) is 29.4 Å². The van der Waals surface area contributed by atoms with Crippen LogP contribution in [0, 0.1) is 0 Å². The van der Waals surface area contributed by atoms with E-state index in [0.717, 1.165) is 10.2 Å². The second kappa shape index (κ2) is 8.08. The monoisotopic (exact) mass is 472 g/mol. The lowest BCUT2D eigenvalue weighted by atomic mass is 10.1. The SMILES string of the molecule is COc1ccc2c(c1)N(Cc1ccccc1)CCN2S(=O)(=O)c1cccc(Br)c1. The van der Waals surface area contributed by atoms with E-state index in [1.54, 1.807) is 31.4 Å². The van der Waals surface area contributed by atoms with Crippen LogP contribution in [0.1, 0.15) is 5.56 Å². The Labute approximate surface area is 179 Å². The van der Waals surface area contributed by atoms with Gasteiger partial charge < -0.3 is 9.64 Å². The van der Waals surface area contributed by atoms with Crippen LogP contribution in [-0.2, 0) is 16.6 Å². The minimum atomic E-state index is -3.68. The second-order valence-corrected chi connectivity index (χ2v) is 9.57. The molecular weight excluding hydrogens is 452 g/mol. The summed E-state index contributed by atoms with van der Waals surface area (Å²) in [6.07, 6.45) is 0. The molecular formula is C22H21BrN2O3S. The summed E-state index contributed by atoms with van der Waals surface area (Å²) in [4.78, 5) is 2.46. The highest BCUT2D eigenvalue weighted by Crippen LogP contribution is 2.39. The Kier molecular flexibility index (Phi) is 5.52. The number of hydrogen-bond donors (Lipinski definition) is 0. The minimum absolute atomic E-state index is 0.269. The van der Waals surface area contributed by atoms with Gasteiger partial charge in [0.2, 0.25) is 0 Å². The predicted octanol–water partition coefficient (Wildman–Crippen LogP) is 4.67. The van der Waals surface area contributed by atoms with Crippen molar-refractivity contribution in [2.24, 2.45) is 0 Å². The lowest BCUT2D eigenvalue weighted by molar-refractivity contribution is 0.414. The zero-order valence-corrected chi connectivity index (χ0v) is 18.4. The molecule has 1 aliphatic rings. The van der Waals surface area contributed by atoms with Crippen LogP contribution in [0.4, 0.5) is 11.4 Å². The molecule has 0 unspecified atom stereocenters. The van der Waals surface area contributed by atoms with E-state index in [4.69, 9.17) is 4.74 Å². The normalized spacial score (nSPS) is 13.9. The van der Waals surface area contributed by atoms with Gasteiger partial charge in [0.25, 0.3) is 10.0 Å². The highest BCUT2D eigenvalue weighted by molar-refractivity contribution is 9.10. The topological polar surface area (TPSA) is 49.9 Å². The van der Waals surface area contributed by atoms with Crippen molar-refractivity contribution in [2.45, 2.75) is 11.4 Å². The van der Waals surface area contributed by atoms with E-state index in [1.807, 2.05) is 36.4 Å². The van der Waals surface area contributed by atoms with E-state index in [9.17, 15) is 8.42 Å². The molecule has 1 aliphatic heterocycles. The zero-order valence-electron chi connectivity index (χ0n) is 16.0. The molecule has 3 aromatic carbocycles. The Hall–Kier alpha value is -2.51. The van der Waals surface area contributed by atoms with Crippen molar-refractivity contribution in [3.05, 3.63) is 82.8 Å². The fraction of sp³-hybridized carbons (Fsp3) is 0.182. The molecule has 29 heavy (non-hydrogen) atoms. The fourth-order valence-electron chi connectivity index (χ4n) is 3.52. The van der Waals surface area contributed by atoms with Gasteiger partial charge in [-0.25, -0.2) is 8.42 Å². The Morgan fingerprint density at radius 2 is 1.72 bits per heavy atom. The van der Waals surface area contributed by atoms with E-state index in [0.29, 0.717) is 31.1 Å². The molecule has 0 bridgehead atoms. The third-order valence-corrected chi connectivity index (χ3v) is 7.27. The summed E-state index contributed by atoms with van der Waals surface area (Å²) in [6.45, 7) is 1.66. The van der Waals surface area contributed by atoms with Crippen LogP contribution in [0.2, 0.25) is 0 Å². The first-order valence-electron chi connectivity index (χ1n) is 9.24. The predicted molar refractivity (Wildman–Crippen MR) is 119 cm³/mol. The van der Waals surface area contributed by atoms with Crippen LogP contribution in [0.5, 0.6) is 5.75 Å². The van der Waals surface area contributed by atoms with Crippen LogP contribution in [0.15, 0.2) is 82.2 Å². The van der Waals surface area contributed by atoms with E-state index in [1.165, 1.54) is 9.87 Å². The largest absolute Gasteiger partial charge is 0.497 e. The van der Waals surface area contributed by atoms with Gasteiger partial charge in [0.05, 0.1) is 29.9 Å². The van der Waals surface area contributed by atoms with E-state index in [2.05, 4.69) is 33.0 Å². The van der Waals surface area contributed by atoms with E-state index < -0.39 is 10.0 Å². The smallest absolute Gasteiger partial charge is 0.264 e. The molecule has 3 aromatic rings. The molecule has 0 aliphatic carbocycles. The van der Waals surface area contributed by atoms with Gasteiger partial charge in [-0.15, -0.1) is 0 Å². The van der Waals surface area contributed by atoms with E-state index in [-0.39, 0.29) is 4.90 Å². The van der Waals surface area contributed by atoms with Gasteiger partial charge in [-0.1, -0.05) is 52.3 Å². The van der Waals surface area contributed by atoms with Crippen LogP contribution >= 0.6 is 15.9 Å². The Morgan fingerprint density at radius 1 is 0.931 bits per heavy atom. The number of nitrogens with zero attached hydrogens (tertiary/aromatic N) is 2.